The maximum atomic E-state index is 12.9. The summed E-state index contributed by atoms with van der Waals surface area (Å²) in [5, 5.41) is 12.9. The highest BCUT2D eigenvalue weighted by molar-refractivity contribution is 5.21. The van der Waals surface area contributed by atoms with Gasteiger partial charge in [0.15, 0.2) is 0 Å². The molecule has 0 amide bonds. The summed E-state index contributed by atoms with van der Waals surface area (Å²) in [6.07, 6.45) is -0.810. The Balaban J connectivity index is 1.87. The lowest BCUT2D eigenvalue weighted by Gasteiger charge is -2.09. The molecule has 0 spiro atoms. The molecule has 0 radical (unpaired) electrons. The third-order valence-electron chi connectivity index (χ3n) is 2.86. The average Bonchev–Trinajstić information content (AvgIpc) is 2.88. The molecule has 108 valence electrons. The first kappa shape index (κ1) is 14.5. The van der Waals surface area contributed by atoms with Crippen LogP contribution in [0.25, 0.3) is 0 Å². The molecule has 1 aromatic heterocycles. The van der Waals surface area contributed by atoms with E-state index < -0.39 is 13.0 Å². The van der Waals surface area contributed by atoms with E-state index in [0.29, 0.717) is 19.6 Å². The SMILES string of the molecule is OCc1cnn(CCCOc2ccccc2)c1C(F)F. The quantitative estimate of drug-likeness (QED) is 0.794. The predicted octanol–water partition coefficient (Wildman–Crippen LogP) is 2.78. The van der Waals surface area contributed by atoms with Gasteiger partial charge in [-0.3, -0.25) is 4.68 Å². The van der Waals surface area contributed by atoms with Crippen molar-refractivity contribution < 1.29 is 18.6 Å². The number of hydrogen-bond donors (Lipinski definition) is 1. The molecule has 20 heavy (non-hydrogen) atoms. The molecular formula is C14H16F2N2O2. The summed E-state index contributed by atoms with van der Waals surface area (Å²) >= 11 is 0. The average molecular weight is 282 g/mol. The molecule has 0 aliphatic heterocycles. The van der Waals surface area contributed by atoms with E-state index in [1.165, 1.54) is 10.9 Å². The van der Waals surface area contributed by atoms with E-state index in [-0.39, 0.29) is 11.3 Å². The first-order valence-electron chi connectivity index (χ1n) is 6.34. The van der Waals surface area contributed by atoms with Gasteiger partial charge in [0.25, 0.3) is 6.43 Å². The second-order valence-corrected chi connectivity index (χ2v) is 4.25. The first-order chi connectivity index (χ1) is 9.72. The molecule has 2 aromatic rings. The number of benzene rings is 1. The van der Waals surface area contributed by atoms with E-state index in [2.05, 4.69) is 5.10 Å². The van der Waals surface area contributed by atoms with Crippen LogP contribution in [-0.2, 0) is 13.2 Å². The van der Waals surface area contributed by atoms with Crippen LogP contribution in [0, 0.1) is 0 Å². The Hall–Kier alpha value is -1.95. The van der Waals surface area contributed by atoms with Crippen molar-refractivity contribution in [1.29, 1.82) is 0 Å². The number of aryl methyl sites for hydroxylation is 1. The molecule has 0 bridgehead atoms. The van der Waals surface area contributed by atoms with Gasteiger partial charge in [-0.15, -0.1) is 0 Å². The lowest BCUT2D eigenvalue weighted by Crippen LogP contribution is -2.10. The normalized spacial score (nSPS) is 11.0. The molecule has 1 heterocycles. The van der Waals surface area contributed by atoms with E-state index >= 15 is 0 Å². The molecule has 0 atom stereocenters. The van der Waals surface area contributed by atoms with E-state index in [0.717, 1.165) is 5.75 Å². The summed E-state index contributed by atoms with van der Waals surface area (Å²) in [5.41, 5.74) is -0.0452. The van der Waals surface area contributed by atoms with Gasteiger partial charge in [-0.25, -0.2) is 8.78 Å². The van der Waals surface area contributed by atoms with Gasteiger partial charge in [-0.05, 0) is 12.1 Å². The molecule has 0 unspecified atom stereocenters. The first-order valence-corrected chi connectivity index (χ1v) is 6.34. The summed E-state index contributed by atoms with van der Waals surface area (Å²) in [5.74, 6) is 0.748. The summed E-state index contributed by atoms with van der Waals surface area (Å²) in [6, 6.07) is 9.29. The smallest absolute Gasteiger partial charge is 0.280 e. The zero-order valence-electron chi connectivity index (χ0n) is 10.9. The molecule has 1 aromatic carbocycles. The lowest BCUT2D eigenvalue weighted by atomic mass is 10.2. The van der Waals surface area contributed by atoms with Crippen LogP contribution in [0.2, 0.25) is 0 Å². The van der Waals surface area contributed by atoms with Gasteiger partial charge >= 0.3 is 0 Å². The number of para-hydroxylation sites is 1. The number of alkyl halides is 2. The number of rotatable bonds is 7. The number of hydrogen-bond acceptors (Lipinski definition) is 3. The number of ether oxygens (including phenoxy) is 1. The topological polar surface area (TPSA) is 47.3 Å². The van der Waals surface area contributed by atoms with Gasteiger partial charge in [0.2, 0.25) is 0 Å². The largest absolute Gasteiger partial charge is 0.494 e. The fourth-order valence-corrected chi connectivity index (χ4v) is 1.91. The zero-order valence-corrected chi connectivity index (χ0v) is 10.9. The minimum absolute atomic E-state index is 0.170. The molecule has 0 aliphatic carbocycles. The molecular weight excluding hydrogens is 266 g/mol. The van der Waals surface area contributed by atoms with E-state index in [1.807, 2.05) is 30.3 Å². The number of aliphatic hydroxyl groups excluding tert-OH is 1. The van der Waals surface area contributed by atoms with Crippen LogP contribution in [0.4, 0.5) is 8.78 Å². The fourth-order valence-electron chi connectivity index (χ4n) is 1.91. The van der Waals surface area contributed by atoms with Crippen molar-refractivity contribution in [2.75, 3.05) is 6.61 Å². The van der Waals surface area contributed by atoms with Crippen molar-refractivity contribution >= 4 is 0 Å². The second-order valence-electron chi connectivity index (χ2n) is 4.25. The van der Waals surface area contributed by atoms with E-state index in [4.69, 9.17) is 9.84 Å². The van der Waals surface area contributed by atoms with E-state index in [1.54, 1.807) is 0 Å². The third-order valence-corrected chi connectivity index (χ3v) is 2.86. The molecule has 1 N–H and O–H groups in total. The van der Waals surface area contributed by atoms with Crippen LogP contribution in [0.3, 0.4) is 0 Å². The van der Waals surface area contributed by atoms with Crippen molar-refractivity contribution in [1.82, 2.24) is 9.78 Å². The Bertz CT molecular complexity index is 529. The van der Waals surface area contributed by atoms with Gasteiger partial charge in [-0.2, -0.15) is 5.10 Å². The van der Waals surface area contributed by atoms with Crippen molar-refractivity contribution in [3.05, 3.63) is 47.8 Å². The fraction of sp³-hybridized carbons (Fsp3) is 0.357. The van der Waals surface area contributed by atoms with Crippen LogP contribution in [0.1, 0.15) is 24.1 Å². The summed E-state index contributed by atoms with van der Waals surface area (Å²) in [7, 11) is 0. The van der Waals surface area contributed by atoms with Crippen LogP contribution < -0.4 is 4.74 Å². The molecule has 2 rings (SSSR count). The maximum absolute atomic E-state index is 12.9. The van der Waals surface area contributed by atoms with Crippen LogP contribution in [0.15, 0.2) is 36.5 Å². The van der Waals surface area contributed by atoms with Gasteiger partial charge in [0.05, 0.1) is 19.4 Å². The van der Waals surface area contributed by atoms with Crippen LogP contribution in [-0.4, -0.2) is 21.5 Å². The third kappa shape index (κ3) is 3.54. The Morgan fingerprint density at radius 2 is 2.00 bits per heavy atom. The van der Waals surface area contributed by atoms with E-state index in [9.17, 15) is 8.78 Å². The monoisotopic (exact) mass is 282 g/mol. The Labute approximate surface area is 115 Å². The Kier molecular flexibility index (Phi) is 5.06. The molecule has 0 saturated carbocycles. The highest BCUT2D eigenvalue weighted by Crippen LogP contribution is 2.23. The number of aliphatic hydroxyl groups is 1. The predicted molar refractivity (Wildman–Crippen MR) is 69.7 cm³/mol. The van der Waals surface area contributed by atoms with Gasteiger partial charge in [0, 0.05) is 18.5 Å². The Morgan fingerprint density at radius 1 is 1.25 bits per heavy atom. The Morgan fingerprint density at radius 3 is 2.65 bits per heavy atom. The van der Waals surface area contributed by atoms with Gasteiger partial charge in [0.1, 0.15) is 11.4 Å². The molecule has 0 fully saturated rings. The van der Waals surface area contributed by atoms with Crippen molar-refractivity contribution in [2.45, 2.75) is 26.0 Å². The zero-order chi connectivity index (χ0) is 14.4. The molecule has 6 heteroatoms. The van der Waals surface area contributed by atoms with Crippen molar-refractivity contribution in [3.63, 3.8) is 0 Å². The van der Waals surface area contributed by atoms with Gasteiger partial charge in [-0.1, -0.05) is 18.2 Å². The summed E-state index contributed by atoms with van der Waals surface area (Å²) in [6.45, 7) is 0.313. The van der Waals surface area contributed by atoms with Crippen molar-refractivity contribution in [2.24, 2.45) is 0 Å². The second kappa shape index (κ2) is 7.00. The van der Waals surface area contributed by atoms with Crippen molar-refractivity contribution in [3.8, 4) is 5.75 Å². The van der Waals surface area contributed by atoms with Gasteiger partial charge < -0.3 is 9.84 Å². The lowest BCUT2D eigenvalue weighted by molar-refractivity contribution is 0.134. The van der Waals surface area contributed by atoms with Crippen LogP contribution in [0.5, 0.6) is 5.75 Å². The highest BCUT2D eigenvalue weighted by atomic mass is 19.3. The minimum Gasteiger partial charge on any atom is -0.494 e. The maximum Gasteiger partial charge on any atom is 0.280 e. The molecule has 0 aliphatic rings. The minimum atomic E-state index is -2.64. The molecule has 4 nitrogen and oxygen atoms in total. The molecule has 0 saturated heterocycles. The standard InChI is InChI=1S/C14H16F2N2O2/c15-14(16)13-11(10-19)9-17-18(13)7-4-8-20-12-5-2-1-3-6-12/h1-3,5-6,9,14,19H,4,7-8,10H2. The highest BCUT2D eigenvalue weighted by Gasteiger charge is 2.19. The summed E-state index contributed by atoms with van der Waals surface area (Å²) < 4.78 is 32.5. The number of aromatic nitrogens is 2. The number of halogens is 2. The van der Waals surface area contributed by atoms with Crippen LogP contribution >= 0.6 is 0 Å². The number of nitrogens with zero attached hydrogens (tertiary/aromatic N) is 2. The summed E-state index contributed by atoms with van der Waals surface area (Å²) in [4.78, 5) is 0.